The number of para-hydroxylation sites is 1. The molecule has 0 saturated carbocycles. The van der Waals surface area contributed by atoms with Crippen LogP contribution in [0.4, 0.5) is 10.5 Å². The van der Waals surface area contributed by atoms with E-state index in [1.807, 2.05) is 47.4 Å². The lowest BCUT2D eigenvalue weighted by molar-refractivity contribution is 0.0115. The number of carbonyl (C=O) groups excluding carboxylic acids is 1. The first-order valence-electron chi connectivity index (χ1n) is 9.10. The number of likely N-dealkylation sites (tertiary alicyclic amines) is 1. The summed E-state index contributed by atoms with van der Waals surface area (Å²) >= 11 is 0. The lowest BCUT2D eigenvalue weighted by Gasteiger charge is -2.32. The van der Waals surface area contributed by atoms with Gasteiger partial charge in [0.15, 0.2) is 0 Å². The number of benzene rings is 2. The Kier molecular flexibility index (Phi) is 6.07. The van der Waals surface area contributed by atoms with E-state index in [0.717, 1.165) is 49.2 Å². The van der Waals surface area contributed by atoms with Crippen molar-refractivity contribution < 1.29 is 9.53 Å². The number of rotatable bonds is 5. The maximum Gasteiger partial charge on any atom is 0.321 e. The fourth-order valence-electron chi connectivity index (χ4n) is 3.20. The van der Waals surface area contributed by atoms with Gasteiger partial charge in [-0.25, -0.2) is 4.79 Å². The topological polar surface area (TPSA) is 41.6 Å². The summed E-state index contributed by atoms with van der Waals surface area (Å²) in [5.74, 6) is 0. The van der Waals surface area contributed by atoms with Gasteiger partial charge in [0.1, 0.15) is 0 Å². The van der Waals surface area contributed by atoms with E-state index in [1.165, 1.54) is 0 Å². The molecule has 0 aliphatic carbocycles. The van der Waals surface area contributed by atoms with Crippen LogP contribution in [-0.4, -0.2) is 36.7 Å². The van der Waals surface area contributed by atoms with Crippen LogP contribution in [0.25, 0.3) is 11.1 Å². The van der Waals surface area contributed by atoms with Gasteiger partial charge in [-0.1, -0.05) is 55.5 Å². The molecule has 0 spiro atoms. The molecule has 1 heterocycles. The summed E-state index contributed by atoms with van der Waals surface area (Å²) in [5.41, 5.74) is 2.98. The number of piperidine rings is 1. The van der Waals surface area contributed by atoms with Gasteiger partial charge in [-0.2, -0.15) is 0 Å². The second-order valence-corrected chi connectivity index (χ2v) is 6.42. The van der Waals surface area contributed by atoms with Crippen LogP contribution in [0.5, 0.6) is 0 Å². The van der Waals surface area contributed by atoms with Crippen molar-refractivity contribution in [1.29, 1.82) is 0 Å². The minimum atomic E-state index is -0.0480. The Hall–Kier alpha value is -2.33. The quantitative estimate of drug-likeness (QED) is 0.852. The maximum absolute atomic E-state index is 12.7. The molecule has 25 heavy (non-hydrogen) atoms. The molecule has 0 bridgehead atoms. The van der Waals surface area contributed by atoms with E-state index in [2.05, 4.69) is 24.4 Å². The van der Waals surface area contributed by atoms with Crippen molar-refractivity contribution in [2.75, 3.05) is 25.0 Å². The second kappa shape index (κ2) is 8.67. The zero-order valence-electron chi connectivity index (χ0n) is 14.8. The molecule has 132 valence electrons. The molecule has 2 aromatic carbocycles. The van der Waals surface area contributed by atoms with Gasteiger partial charge in [-0.05, 0) is 30.9 Å². The Balaban J connectivity index is 1.69. The molecule has 1 unspecified atom stereocenters. The van der Waals surface area contributed by atoms with E-state index in [0.29, 0.717) is 6.54 Å². The lowest BCUT2D eigenvalue weighted by atomic mass is 10.0. The number of hydrogen-bond acceptors (Lipinski definition) is 2. The number of urea groups is 1. The SMILES string of the molecule is CCCOC1CCCN(C(=O)Nc2ccccc2-c2ccccc2)C1. The molecule has 4 heteroatoms. The Morgan fingerprint density at radius 3 is 2.72 bits per heavy atom. The van der Waals surface area contributed by atoms with E-state index in [4.69, 9.17) is 4.74 Å². The van der Waals surface area contributed by atoms with Crippen LogP contribution in [0.15, 0.2) is 54.6 Å². The van der Waals surface area contributed by atoms with E-state index in [1.54, 1.807) is 0 Å². The molecule has 3 rings (SSSR count). The van der Waals surface area contributed by atoms with Crippen molar-refractivity contribution in [2.45, 2.75) is 32.3 Å². The smallest absolute Gasteiger partial charge is 0.321 e. The third-order valence-electron chi connectivity index (χ3n) is 4.48. The van der Waals surface area contributed by atoms with E-state index in [-0.39, 0.29) is 12.1 Å². The van der Waals surface area contributed by atoms with Gasteiger partial charge in [0, 0.05) is 25.3 Å². The average molecular weight is 338 g/mol. The van der Waals surface area contributed by atoms with Crippen molar-refractivity contribution in [2.24, 2.45) is 0 Å². The predicted molar refractivity (Wildman–Crippen MR) is 102 cm³/mol. The molecular weight excluding hydrogens is 312 g/mol. The summed E-state index contributed by atoms with van der Waals surface area (Å²) in [7, 11) is 0. The van der Waals surface area contributed by atoms with Crippen LogP contribution in [0.3, 0.4) is 0 Å². The monoisotopic (exact) mass is 338 g/mol. The Bertz CT molecular complexity index is 687. The zero-order valence-corrected chi connectivity index (χ0v) is 14.8. The van der Waals surface area contributed by atoms with Gasteiger partial charge >= 0.3 is 6.03 Å². The molecule has 1 atom stereocenters. The molecule has 0 radical (unpaired) electrons. The van der Waals surface area contributed by atoms with E-state index in [9.17, 15) is 4.79 Å². The number of ether oxygens (including phenoxy) is 1. The molecular formula is C21H26N2O2. The summed E-state index contributed by atoms with van der Waals surface area (Å²) < 4.78 is 5.83. The number of amides is 2. The first-order valence-corrected chi connectivity index (χ1v) is 9.10. The number of carbonyl (C=O) groups is 1. The summed E-state index contributed by atoms with van der Waals surface area (Å²) in [6.07, 6.45) is 3.18. The summed E-state index contributed by atoms with van der Waals surface area (Å²) in [4.78, 5) is 14.6. The normalized spacial score (nSPS) is 17.3. The summed E-state index contributed by atoms with van der Waals surface area (Å²) in [6, 6.07) is 18.0. The van der Waals surface area contributed by atoms with Crippen LogP contribution < -0.4 is 5.32 Å². The second-order valence-electron chi connectivity index (χ2n) is 6.42. The third kappa shape index (κ3) is 4.60. The largest absolute Gasteiger partial charge is 0.376 e. The zero-order chi connectivity index (χ0) is 17.5. The standard InChI is InChI=1S/C21H26N2O2/c1-2-15-25-18-11-8-14-23(16-18)21(24)22-20-13-7-6-12-19(20)17-9-4-3-5-10-17/h3-7,9-10,12-13,18H,2,8,11,14-16H2,1H3,(H,22,24). The van der Waals surface area contributed by atoms with Crippen molar-refractivity contribution in [3.8, 4) is 11.1 Å². The van der Waals surface area contributed by atoms with Gasteiger partial charge in [0.05, 0.1) is 11.8 Å². The molecule has 1 fully saturated rings. The van der Waals surface area contributed by atoms with Crippen LogP contribution in [-0.2, 0) is 4.74 Å². The number of hydrogen-bond donors (Lipinski definition) is 1. The molecule has 1 aliphatic rings. The number of nitrogens with zero attached hydrogens (tertiary/aromatic N) is 1. The highest BCUT2D eigenvalue weighted by molar-refractivity contribution is 5.94. The number of nitrogens with one attached hydrogen (secondary N) is 1. The molecule has 4 nitrogen and oxygen atoms in total. The molecule has 1 saturated heterocycles. The molecule has 2 amide bonds. The lowest BCUT2D eigenvalue weighted by Crippen LogP contribution is -2.45. The van der Waals surface area contributed by atoms with Gasteiger partial charge in [0.2, 0.25) is 0 Å². The first-order chi connectivity index (χ1) is 12.3. The summed E-state index contributed by atoms with van der Waals surface area (Å²) in [6.45, 7) is 4.31. The van der Waals surface area contributed by atoms with Gasteiger partial charge in [-0.15, -0.1) is 0 Å². The Labute approximate surface area is 149 Å². The third-order valence-corrected chi connectivity index (χ3v) is 4.48. The average Bonchev–Trinajstić information content (AvgIpc) is 2.67. The van der Waals surface area contributed by atoms with Crippen LogP contribution in [0, 0.1) is 0 Å². The Morgan fingerprint density at radius 2 is 1.92 bits per heavy atom. The van der Waals surface area contributed by atoms with Crippen LogP contribution in [0.1, 0.15) is 26.2 Å². The van der Waals surface area contributed by atoms with Crippen LogP contribution >= 0.6 is 0 Å². The van der Waals surface area contributed by atoms with Gasteiger partial charge in [0.25, 0.3) is 0 Å². The van der Waals surface area contributed by atoms with Gasteiger partial charge in [-0.3, -0.25) is 0 Å². The molecule has 2 aromatic rings. The Morgan fingerprint density at radius 1 is 1.16 bits per heavy atom. The predicted octanol–water partition coefficient (Wildman–Crippen LogP) is 4.78. The van der Waals surface area contributed by atoms with Crippen molar-refractivity contribution in [3.05, 3.63) is 54.6 Å². The van der Waals surface area contributed by atoms with E-state index >= 15 is 0 Å². The maximum atomic E-state index is 12.7. The molecule has 1 aliphatic heterocycles. The fourth-order valence-corrected chi connectivity index (χ4v) is 3.20. The minimum absolute atomic E-state index is 0.0480. The van der Waals surface area contributed by atoms with Crippen molar-refractivity contribution >= 4 is 11.7 Å². The fraction of sp³-hybridized carbons (Fsp3) is 0.381. The van der Waals surface area contributed by atoms with Crippen molar-refractivity contribution in [3.63, 3.8) is 0 Å². The molecule has 1 N–H and O–H groups in total. The first kappa shape index (κ1) is 17.5. The highest BCUT2D eigenvalue weighted by Crippen LogP contribution is 2.28. The highest BCUT2D eigenvalue weighted by atomic mass is 16.5. The number of anilines is 1. The minimum Gasteiger partial charge on any atom is -0.376 e. The van der Waals surface area contributed by atoms with Crippen molar-refractivity contribution in [1.82, 2.24) is 4.90 Å². The van der Waals surface area contributed by atoms with Crippen LogP contribution in [0.2, 0.25) is 0 Å². The van der Waals surface area contributed by atoms with Gasteiger partial charge < -0.3 is 15.0 Å². The van der Waals surface area contributed by atoms with E-state index < -0.39 is 0 Å². The highest BCUT2D eigenvalue weighted by Gasteiger charge is 2.24. The summed E-state index contributed by atoms with van der Waals surface area (Å²) in [5, 5.41) is 3.09. The molecule has 0 aromatic heterocycles.